The molecular weight excluding hydrogens is 221 g/mol. The van der Waals surface area contributed by atoms with Gasteiger partial charge in [0.05, 0.1) is 24.0 Å². The number of halogens is 1. The number of nitrogens with zero attached hydrogens (tertiary/aromatic N) is 1. The van der Waals surface area contributed by atoms with Gasteiger partial charge in [-0.1, -0.05) is 0 Å². The Balaban J connectivity index is 1.81. The van der Waals surface area contributed by atoms with E-state index in [-0.39, 0.29) is 29.5 Å². The summed E-state index contributed by atoms with van der Waals surface area (Å²) >= 11 is 0. The van der Waals surface area contributed by atoms with Gasteiger partial charge in [0.25, 0.3) is 0 Å². The predicted octanol–water partition coefficient (Wildman–Crippen LogP) is 2.36. The first-order valence-electron chi connectivity index (χ1n) is 6.03. The zero-order chi connectivity index (χ0) is 11.8. The molecule has 2 aliphatic rings. The Bertz CT molecular complexity index is 437. The molecule has 2 bridgehead atoms. The van der Waals surface area contributed by atoms with Gasteiger partial charge < -0.3 is 4.74 Å². The van der Waals surface area contributed by atoms with E-state index < -0.39 is 5.82 Å². The van der Waals surface area contributed by atoms with E-state index in [0.717, 1.165) is 31.9 Å². The molecule has 2 unspecified atom stereocenters. The van der Waals surface area contributed by atoms with Crippen molar-refractivity contribution in [3.63, 3.8) is 0 Å². The first-order valence-corrected chi connectivity index (χ1v) is 6.03. The van der Waals surface area contributed by atoms with Gasteiger partial charge in [-0.15, -0.1) is 0 Å². The highest BCUT2D eigenvalue weighted by atomic mass is 19.1. The molecule has 1 aromatic rings. The van der Waals surface area contributed by atoms with Crippen LogP contribution < -0.4 is 0 Å². The summed E-state index contributed by atoms with van der Waals surface area (Å²) in [5.41, 5.74) is 0.173. The van der Waals surface area contributed by atoms with Crippen LogP contribution in [0.5, 0.6) is 0 Å². The van der Waals surface area contributed by atoms with Crippen molar-refractivity contribution in [2.75, 3.05) is 0 Å². The van der Waals surface area contributed by atoms with Crippen molar-refractivity contribution < 1.29 is 13.9 Å². The Hall–Kier alpha value is -1.29. The molecule has 2 fully saturated rings. The number of carbonyl (C=O) groups is 1. The maximum Gasteiger partial charge on any atom is 0.169 e. The fourth-order valence-electron chi connectivity index (χ4n) is 2.87. The molecule has 0 aromatic carbocycles. The largest absolute Gasteiger partial charge is 0.375 e. The van der Waals surface area contributed by atoms with Crippen LogP contribution in [-0.4, -0.2) is 23.0 Å². The molecule has 0 aliphatic carbocycles. The number of rotatable bonds is 2. The molecular formula is C13H14FNO2. The maximum absolute atomic E-state index is 13.5. The number of pyridine rings is 1. The molecule has 90 valence electrons. The summed E-state index contributed by atoms with van der Waals surface area (Å²) < 4.78 is 19.2. The SMILES string of the molecule is O=C(c1ccncc1F)C1CC2CCC(C1)O2. The second kappa shape index (κ2) is 4.18. The smallest absolute Gasteiger partial charge is 0.169 e. The molecule has 3 heterocycles. The number of fused-ring (bicyclic) bond motifs is 2. The third-order valence-electron chi connectivity index (χ3n) is 3.70. The van der Waals surface area contributed by atoms with Gasteiger partial charge in [-0.2, -0.15) is 0 Å². The molecule has 17 heavy (non-hydrogen) atoms. The molecule has 3 rings (SSSR count). The summed E-state index contributed by atoms with van der Waals surface area (Å²) in [4.78, 5) is 15.9. The number of hydrogen-bond acceptors (Lipinski definition) is 3. The predicted molar refractivity (Wildman–Crippen MR) is 59.1 cm³/mol. The molecule has 0 radical (unpaired) electrons. The number of hydrogen-bond donors (Lipinski definition) is 0. The third kappa shape index (κ3) is 1.97. The van der Waals surface area contributed by atoms with Crippen LogP contribution in [0.3, 0.4) is 0 Å². The lowest BCUT2D eigenvalue weighted by atomic mass is 9.88. The number of ether oxygens (including phenoxy) is 1. The molecule has 4 heteroatoms. The highest BCUT2D eigenvalue weighted by molar-refractivity contribution is 5.98. The van der Waals surface area contributed by atoms with Crippen molar-refractivity contribution in [3.8, 4) is 0 Å². The zero-order valence-electron chi connectivity index (χ0n) is 9.43. The second-order valence-electron chi connectivity index (χ2n) is 4.85. The maximum atomic E-state index is 13.5. The average Bonchev–Trinajstić information content (AvgIpc) is 2.68. The number of Topliss-reactive ketones (excluding diaryl/α,β-unsaturated/α-hetero) is 1. The van der Waals surface area contributed by atoms with E-state index in [1.807, 2.05) is 0 Å². The molecule has 3 nitrogen and oxygen atoms in total. The van der Waals surface area contributed by atoms with Crippen LogP contribution >= 0.6 is 0 Å². The third-order valence-corrected chi connectivity index (χ3v) is 3.70. The van der Waals surface area contributed by atoms with Gasteiger partial charge in [-0.25, -0.2) is 4.39 Å². The number of aromatic nitrogens is 1. The van der Waals surface area contributed by atoms with Gasteiger partial charge in [-0.05, 0) is 31.7 Å². The van der Waals surface area contributed by atoms with Crippen molar-refractivity contribution in [2.24, 2.45) is 5.92 Å². The second-order valence-corrected chi connectivity index (χ2v) is 4.85. The summed E-state index contributed by atoms with van der Waals surface area (Å²) in [5, 5.41) is 0. The summed E-state index contributed by atoms with van der Waals surface area (Å²) in [6.07, 6.45) is 6.50. The van der Waals surface area contributed by atoms with Crippen molar-refractivity contribution in [1.82, 2.24) is 4.98 Å². The Morgan fingerprint density at radius 1 is 1.35 bits per heavy atom. The highest BCUT2D eigenvalue weighted by Gasteiger charge is 2.38. The summed E-state index contributed by atoms with van der Waals surface area (Å²) in [5.74, 6) is -0.695. The van der Waals surface area contributed by atoms with Crippen LogP contribution in [0.1, 0.15) is 36.0 Å². The van der Waals surface area contributed by atoms with Crippen molar-refractivity contribution >= 4 is 5.78 Å². The summed E-state index contributed by atoms with van der Waals surface area (Å²) in [6.45, 7) is 0. The average molecular weight is 235 g/mol. The molecule has 2 aliphatic heterocycles. The van der Waals surface area contributed by atoms with Gasteiger partial charge in [-0.3, -0.25) is 9.78 Å². The first-order chi connectivity index (χ1) is 8.24. The first kappa shape index (κ1) is 10.8. The zero-order valence-corrected chi connectivity index (χ0v) is 9.43. The van der Waals surface area contributed by atoms with Crippen LogP contribution in [0.4, 0.5) is 4.39 Å². The van der Waals surface area contributed by atoms with E-state index in [0.29, 0.717) is 0 Å². The molecule has 2 saturated heterocycles. The number of carbonyl (C=O) groups excluding carboxylic acids is 1. The van der Waals surface area contributed by atoms with Gasteiger partial charge in [0, 0.05) is 12.1 Å². The van der Waals surface area contributed by atoms with E-state index in [4.69, 9.17) is 4.74 Å². The highest BCUT2D eigenvalue weighted by Crippen LogP contribution is 2.37. The van der Waals surface area contributed by atoms with E-state index in [2.05, 4.69) is 4.98 Å². The lowest BCUT2D eigenvalue weighted by Crippen LogP contribution is -2.30. The monoisotopic (exact) mass is 235 g/mol. The summed E-state index contributed by atoms with van der Waals surface area (Å²) in [6, 6.07) is 1.47. The minimum Gasteiger partial charge on any atom is -0.375 e. The quantitative estimate of drug-likeness (QED) is 0.739. The molecule has 0 spiro atoms. The van der Waals surface area contributed by atoms with E-state index in [1.165, 1.54) is 12.3 Å². The fraction of sp³-hybridized carbons (Fsp3) is 0.538. The van der Waals surface area contributed by atoms with Crippen molar-refractivity contribution in [3.05, 3.63) is 29.8 Å². The van der Waals surface area contributed by atoms with Gasteiger partial charge in [0.1, 0.15) is 0 Å². The standard InChI is InChI=1S/C13H14FNO2/c14-12-7-15-4-3-11(12)13(16)8-5-9-1-2-10(6-8)17-9/h3-4,7-10H,1-2,5-6H2. The van der Waals surface area contributed by atoms with Crippen molar-refractivity contribution in [1.29, 1.82) is 0 Å². The van der Waals surface area contributed by atoms with E-state index in [9.17, 15) is 9.18 Å². The summed E-state index contributed by atoms with van der Waals surface area (Å²) in [7, 11) is 0. The minimum absolute atomic E-state index is 0.0850. The molecule has 2 atom stereocenters. The van der Waals surface area contributed by atoms with Crippen molar-refractivity contribution in [2.45, 2.75) is 37.9 Å². The molecule has 0 amide bonds. The normalized spacial score (nSPS) is 31.5. The Labute approximate surface area is 99.0 Å². The van der Waals surface area contributed by atoms with Crippen LogP contribution in [0, 0.1) is 11.7 Å². The van der Waals surface area contributed by atoms with Crippen LogP contribution in [-0.2, 0) is 4.74 Å². The van der Waals surface area contributed by atoms with E-state index in [1.54, 1.807) is 0 Å². The topological polar surface area (TPSA) is 39.2 Å². The molecule has 0 saturated carbocycles. The van der Waals surface area contributed by atoms with Gasteiger partial charge in [0.15, 0.2) is 11.6 Å². The minimum atomic E-state index is -0.517. The Morgan fingerprint density at radius 2 is 2.06 bits per heavy atom. The fourth-order valence-corrected chi connectivity index (χ4v) is 2.87. The van der Waals surface area contributed by atoms with Crippen LogP contribution in [0.2, 0.25) is 0 Å². The van der Waals surface area contributed by atoms with Crippen LogP contribution in [0.25, 0.3) is 0 Å². The van der Waals surface area contributed by atoms with Crippen LogP contribution in [0.15, 0.2) is 18.5 Å². The lowest BCUT2D eigenvalue weighted by Gasteiger charge is -2.27. The van der Waals surface area contributed by atoms with Gasteiger partial charge in [0.2, 0.25) is 0 Å². The molecule has 0 N–H and O–H groups in total. The Kier molecular flexibility index (Phi) is 2.67. The molecule has 1 aromatic heterocycles. The van der Waals surface area contributed by atoms with E-state index >= 15 is 0 Å². The number of ketones is 1. The van der Waals surface area contributed by atoms with Gasteiger partial charge >= 0.3 is 0 Å². The lowest BCUT2D eigenvalue weighted by molar-refractivity contribution is -0.0150. The Morgan fingerprint density at radius 3 is 2.71 bits per heavy atom.